The highest BCUT2D eigenvalue weighted by molar-refractivity contribution is 5.89. The van der Waals surface area contributed by atoms with Crippen LogP contribution in [0.25, 0.3) is 0 Å². The second-order valence-electron chi connectivity index (χ2n) is 10.5. The molecule has 220 valence electrons. The van der Waals surface area contributed by atoms with E-state index in [9.17, 15) is 14.4 Å². The van der Waals surface area contributed by atoms with Crippen LogP contribution >= 0.6 is 0 Å². The monoisotopic (exact) mass is 580 g/mol. The Morgan fingerprint density at radius 3 is 2.21 bits per heavy atom. The molecule has 5 rings (SSSR count). The standard InChI is InChI=1S/C35H33FN2O5/c1-24(30-14-8-9-15-31(30)36)37(21-25-16-18-27(19-17-25)34(40)42-2)33(39)32-20-28-12-6-7-13-29(28)22-38(32)35(41)43-23-26-10-4-3-5-11-26/h3-19,24,32H,20-23H2,1-2H3/t24-,32+/m1/s1. The average molecular weight is 581 g/mol. The van der Waals surface area contributed by atoms with Gasteiger partial charge < -0.3 is 14.4 Å². The predicted octanol–water partition coefficient (Wildman–Crippen LogP) is 6.47. The first-order valence-corrected chi connectivity index (χ1v) is 14.1. The van der Waals surface area contributed by atoms with Crippen molar-refractivity contribution in [1.29, 1.82) is 0 Å². The van der Waals surface area contributed by atoms with Crippen LogP contribution in [0.15, 0.2) is 103 Å². The summed E-state index contributed by atoms with van der Waals surface area (Å²) in [7, 11) is 1.31. The van der Waals surface area contributed by atoms with Crippen LogP contribution in [0.5, 0.6) is 0 Å². The van der Waals surface area contributed by atoms with E-state index in [4.69, 9.17) is 9.47 Å². The summed E-state index contributed by atoms with van der Waals surface area (Å²) in [6.45, 7) is 2.17. The van der Waals surface area contributed by atoms with Gasteiger partial charge in [-0.2, -0.15) is 0 Å². The third-order valence-electron chi connectivity index (χ3n) is 7.81. The van der Waals surface area contributed by atoms with Gasteiger partial charge in [-0.15, -0.1) is 0 Å². The highest BCUT2D eigenvalue weighted by atomic mass is 19.1. The van der Waals surface area contributed by atoms with Gasteiger partial charge in [-0.1, -0.05) is 84.9 Å². The van der Waals surface area contributed by atoms with Crippen LogP contribution in [0.4, 0.5) is 9.18 Å². The van der Waals surface area contributed by atoms with Crippen molar-refractivity contribution in [1.82, 2.24) is 9.80 Å². The van der Waals surface area contributed by atoms with Crippen LogP contribution in [-0.2, 0) is 40.4 Å². The molecule has 0 saturated carbocycles. The Balaban J connectivity index is 1.47. The number of benzene rings is 4. The van der Waals surface area contributed by atoms with E-state index >= 15 is 4.39 Å². The Morgan fingerprint density at radius 1 is 0.860 bits per heavy atom. The van der Waals surface area contributed by atoms with Crippen molar-refractivity contribution in [2.75, 3.05) is 7.11 Å². The number of hydrogen-bond donors (Lipinski definition) is 0. The van der Waals surface area contributed by atoms with Crippen LogP contribution < -0.4 is 0 Å². The fourth-order valence-electron chi connectivity index (χ4n) is 5.38. The van der Waals surface area contributed by atoms with Crippen molar-refractivity contribution >= 4 is 18.0 Å². The minimum atomic E-state index is -0.873. The molecule has 0 radical (unpaired) electrons. The van der Waals surface area contributed by atoms with Crippen molar-refractivity contribution in [3.63, 3.8) is 0 Å². The molecule has 1 heterocycles. The molecule has 1 aliphatic heterocycles. The van der Waals surface area contributed by atoms with Gasteiger partial charge in [0, 0.05) is 18.5 Å². The van der Waals surface area contributed by atoms with Gasteiger partial charge in [0.2, 0.25) is 5.91 Å². The van der Waals surface area contributed by atoms with Gasteiger partial charge in [0.1, 0.15) is 18.5 Å². The van der Waals surface area contributed by atoms with Crippen LogP contribution in [0.2, 0.25) is 0 Å². The van der Waals surface area contributed by atoms with E-state index in [1.807, 2.05) is 54.6 Å². The maximum atomic E-state index is 15.0. The second kappa shape index (κ2) is 13.3. The van der Waals surface area contributed by atoms with Gasteiger partial charge in [-0.05, 0) is 47.4 Å². The molecular formula is C35H33FN2O5. The largest absolute Gasteiger partial charge is 0.465 e. The number of fused-ring (bicyclic) bond motifs is 1. The molecule has 0 unspecified atom stereocenters. The van der Waals surface area contributed by atoms with Gasteiger partial charge >= 0.3 is 12.1 Å². The number of halogens is 1. The molecule has 43 heavy (non-hydrogen) atoms. The third-order valence-corrected chi connectivity index (χ3v) is 7.81. The molecule has 8 heteroatoms. The second-order valence-corrected chi connectivity index (χ2v) is 10.5. The first-order chi connectivity index (χ1) is 20.9. The fourth-order valence-corrected chi connectivity index (χ4v) is 5.38. The molecule has 0 saturated heterocycles. The lowest BCUT2D eigenvalue weighted by atomic mass is 9.92. The zero-order chi connectivity index (χ0) is 30.3. The summed E-state index contributed by atoms with van der Waals surface area (Å²) >= 11 is 0. The maximum Gasteiger partial charge on any atom is 0.411 e. The van der Waals surface area contributed by atoms with Gasteiger partial charge in [0.15, 0.2) is 0 Å². The Bertz CT molecular complexity index is 1590. The van der Waals surface area contributed by atoms with E-state index in [1.165, 1.54) is 18.1 Å². The fraction of sp³-hybridized carbons (Fsp3) is 0.229. The predicted molar refractivity (Wildman–Crippen MR) is 159 cm³/mol. The Kier molecular flexibility index (Phi) is 9.15. The number of amides is 2. The van der Waals surface area contributed by atoms with Gasteiger partial charge in [0.25, 0.3) is 0 Å². The molecule has 0 aliphatic carbocycles. The van der Waals surface area contributed by atoms with Crippen molar-refractivity contribution in [2.45, 2.75) is 45.1 Å². The van der Waals surface area contributed by atoms with Crippen LogP contribution in [-0.4, -0.2) is 40.9 Å². The molecule has 0 fully saturated rings. The first-order valence-electron chi connectivity index (χ1n) is 14.1. The van der Waals surface area contributed by atoms with Gasteiger partial charge in [-0.25, -0.2) is 14.0 Å². The Morgan fingerprint density at radius 2 is 1.51 bits per heavy atom. The minimum Gasteiger partial charge on any atom is -0.465 e. The summed E-state index contributed by atoms with van der Waals surface area (Å²) in [6.07, 6.45) is -0.311. The van der Waals surface area contributed by atoms with Gasteiger partial charge in [-0.3, -0.25) is 9.69 Å². The molecular weight excluding hydrogens is 547 g/mol. The topological polar surface area (TPSA) is 76.2 Å². The minimum absolute atomic E-state index is 0.0701. The van der Waals surface area contributed by atoms with Crippen LogP contribution in [0.1, 0.15) is 51.1 Å². The lowest BCUT2D eigenvalue weighted by molar-refractivity contribution is -0.140. The highest BCUT2D eigenvalue weighted by Gasteiger charge is 2.39. The molecule has 7 nitrogen and oxygen atoms in total. The number of nitrogens with zero attached hydrogens (tertiary/aromatic N) is 2. The van der Waals surface area contributed by atoms with E-state index < -0.39 is 30.0 Å². The van der Waals surface area contributed by atoms with Crippen molar-refractivity contribution in [3.8, 4) is 0 Å². The maximum absolute atomic E-state index is 15.0. The molecule has 4 aromatic rings. The molecule has 2 amide bonds. The number of ether oxygens (including phenoxy) is 2. The SMILES string of the molecule is COC(=O)c1ccc(CN(C(=O)[C@@H]2Cc3ccccc3CN2C(=O)OCc2ccccc2)[C@H](C)c2ccccc2F)cc1. The highest BCUT2D eigenvalue weighted by Crippen LogP contribution is 2.31. The number of carbonyl (C=O) groups is 3. The number of rotatable bonds is 8. The number of methoxy groups -OCH3 is 1. The number of carbonyl (C=O) groups excluding carboxylic acids is 3. The molecule has 1 aliphatic rings. The normalized spacial score (nSPS) is 14.8. The smallest absolute Gasteiger partial charge is 0.411 e. The van der Waals surface area contributed by atoms with E-state index in [0.29, 0.717) is 11.1 Å². The van der Waals surface area contributed by atoms with Crippen molar-refractivity contribution < 1.29 is 28.2 Å². The molecule has 0 bridgehead atoms. The van der Waals surface area contributed by atoms with Gasteiger partial charge in [0.05, 0.1) is 25.3 Å². The molecule has 4 aromatic carbocycles. The summed E-state index contributed by atoms with van der Waals surface area (Å²) in [5.74, 6) is -1.23. The number of hydrogen-bond acceptors (Lipinski definition) is 5. The Labute approximate surface area is 250 Å². The van der Waals surface area contributed by atoms with Crippen molar-refractivity contribution in [2.24, 2.45) is 0 Å². The summed E-state index contributed by atoms with van der Waals surface area (Å²) in [4.78, 5) is 43.1. The van der Waals surface area contributed by atoms with Crippen LogP contribution in [0.3, 0.4) is 0 Å². The van der Waals surface area contributed by atoms with E-state index in [-0.39, 0.29) is 32.0 Å². The summed E-state index contributed by atoms with van der Waals surface area (Å²) in [6, 6.07) is 28.6. The third kappa shape index (κ3) is 6.75. The number of esters is 1. The van der Waals surface area contributed by atoms with Crippen molar-refractivity contribution in [3.05, 3.63) is 142 Å². The zero-order valence-corrected chi connectivity index (χ0v) is 24.1. The summed E-state index contributed by atoms with van der Waals surface area (Å²) < 4.78 is 25.5. The molecule has 0 spiro atoms. The first kappa shape index (κ1) is 29.5. The lowest BCUT2D eigenvalue weighted by Crippen LogP contribution is -2.54. The van der Waals surface area contributed by atoms with Crippen LogP contribution in [0, 0.1) is 5.82 Å². The molecule has 2 atom stereocenters. The lowest BCUT2D eigenvalue weighted by Gasteiger charge is -2.40. The summed E-state index contributed by atoms with van der Waals surface area (Å²) in [5.41, 5.74) is 4.21. The molecule has 0 N–H and O–H groups in total. The average Bonchev–Trinajstić information content (AvgIpc) is 3.05. The van der Waals surface area contributed by atoms with E-state index in [0.717, 1.165) is 22.3 Å². The Hall–Kier alpha value is -4.98. The van der Waals surface area contributed by atoms with E-state index in [1.54, 1.807) is 54.3 Å². The summed E-state index contributed by atoms with van der Waals surface area (Å²) in [5, 5.41) is 0. The van der Waals surface area contributed by atoms with E-state index in [2.05, 4.69) is 0 Å². The zero-order valence-electron chi connectivity index (χ0n) is 24.1. The quantitative estimate of drug-likeness (QED) is 0.224. The molecule has 0 aromatic heterocycles.